The van der Waals surface area contributed by atoms with Gasteiger partial charge >= 0.3 is 0 Å². The first-order valence-electron chi connectivity index (χ1n) is 5.60. The van der Waals surface area contributed by atoms with Gasteiger partial charge in [0.05, 0.1) is 18.1 Å². The van der Waals surface area contributed by atoms with Crippen molar-refractivity contribution >= 4 is 23.2 Å². The molecule has 0 N–H and O–H groups in total. The Morgan fingerprint density at radius 3 is 2.94 bits per heavy atom. The highest BCUT2D eigenvalue weighted by molar-refractivity contribution is 6.30. The van der Waals surface area contributed by atoms with Crippen molar-refractivity contribution in [3.8, 4) is 0 Å². The van der Waals surface area contributed by atoms with Crippen LogP contribution in [0.3, 0.4) is 0 Å². The van der Waals surface area contributed by atoms with E-state index in [0.29, 0.717) is 6.54 Å². The van der Waals surface area contributed by atoms with Crippen LogP contribution in [0.15, 0.2) is 36.7 Å². The first kappa shape index (κ1) is 12.5. The van der Waals surface area contributed by atoms with Gasteiger partial charge in [0, 0.05) is 16.8 Å². The smallest absolute Gasteiger partial charge is 0.0660 e. The van der Waals surface area contributed by atoms with E-state index in [2.05, 4.69) is 12.0 Å². The molecule has 1 unspecified atom stereocenters. The van der Waals surface area contributed by atoms with Gasteiger partial charge in [-0.15, -0.1) is 11.6 Å². The zero-order valence-electron chi connectivity index (χ0n) is 9.61. The van der Waals surface area contributed by atoms with Gasteiger partial charge in [-0.1, -0.05) is 30.7 Å². The van der Waals surface area contributed by atoms with Crippen molar-refractivity contribution in [1.29, 1.82) is 0 Å². The van der Waals surface area contributed by atoms with E-state index in [0.717, 1.165) is 22.6 Å². The number of hydrogen-bond acceptors (Lipinski definition) is 1. The molecule has 1 aromatic carbocycles. The molecule has 0 fully saturated rings. The quantitative estimate of drug-likeness (QED) is 0.758. The number of halogens is 2. The normalized spacial score (nSPS) is 12.6. The second-order valence-electron chi connectivity index (χ2n) is 3.98. The van der Waals surface area contributed by atoms with Crippen LogP contribution in [0.1, 0.15) is 29.8 Å². The predicted molar refractivity (Wildman–Crippen MR) is 71.7 cm³/mol. The molecule has 90 valence electrons. The van der Waals surface area contributed by atoms with Crippen LogP contribution >= 0.6 is 23.2 Å². The third-order valence-corrected chi connectivity index (χ3v) is 3.40. The molecule has 0 aliphatic heterocycles. The van der Waals surface area contributed by atoms with Crippen molar-refractivity contribution in [3.63, 3.8) is 0 Å². The lowest BCUT2D eigenvalue weighted by Gasteiger charge is -2.03. The molecule has 1 atom stereocenters. The Morgan fingerprint density at radius 1 is 1.41 bits per heavy atom. The minimum absolute atomic E-state index is 0.0445. The second kappa shape index (κ2) is 5.56. The highest BCUT2D eigenvalue weighted by Crippen LogP contribution is 2.23. The maximum Gasteiger partial charge on any atom is 0.0660 e. The molecule has 1 heterocycles. The maximum absolute atomic E-state index is 6.16. The largest absolute Gasteiger partial charge is 0.268 e. The molecule has 1 aromatic heterocycles. The number of nitrogens with zero attached hydrogens (tertiary/aromatic N) is 2. The van der Waals surface area contributed by atoms with Crippen LogP contribution < -0.4 is 0 Å². The number of aromatic nitrogens is 2. The van der Waals surface area contributed by atoms with E-state index >= 15 is 0 Å². The predicted octanol–water partition coefficient (Wildman–Crippen LogP) is 4.27. The summed E-state index contributed by atoms with van der Waals surface area (Å²) in [5.41, 5.74) is 2.20. The summed E-state index contributed by atoms with van der Waals surface area (Å²) in [5.74, 6) is 0. The summed E-state index contributed by atoms with van der Waals surface area (Å²) in [6.45, 7) is 2.78. The van der Waals surface area contributed by atoms with Gasteiger partial charge in [0.15, 0.2) is 0 Å². The highest BCUT2D eigenvalue weighted by atomic mass is 35.5. The molecule has 4 heteroatoms. The Morgan fingerprint density at radius 2 is 2.24 bits per heavy atom. The van der Waals surface area contributed by atoms with Gasteiger partial charge in [0.25, 0.3) is 0 Å². The fourth-order valence-electron chi connectivity index (χ4n) is 1.69. The van der Waals surface area contributed by atoms with Gasteiger partial charge in [-0.2, -0.15) is 5.10 Å². The Kier molecular flexibility index (Phi) is 4.08. The van der Waals surface area contributed by atoms with Crippen LogP contribution in [-0.2, 0) is 6.54 Å². The molecule has 17 heavy (non-hydrogen) atoms. The van der Waals surface area contributed by atoms with Gasteiger partial charge in [0.1, 0.15) is 0 Å². The summed E-state index contributed by atoms with van der Waals surface area (Å²) >= 11 is 12.1. The Hall–Kier alpha value is -0.990. The average molecular weight is 269 g/mol. The Labute approximate surface area is 111 Å². The van der Waals surface area contributed by atoms with Crippen LogP contribution in [0.2, 0.25) is 5.02 Å². The monoisotopic (exact) mass is 268 g/mol. The Bertz CT molecular complexity index is 494. The molecule has 0 amide bonds. The molecule has 0 aliphatic carbocycles. The average Bonchev–Trinajstić information content (AvgIpc) is 2.76. The van der Waals surface area contributed by atoms with Gasteiger partial charge in [-0.05, 0) is 24.1 Å². The maximum atomic E-state index is 6.16. The number of alkyl halides is 1. The van der Waals surface area contributed by atoms with Gasteiger partial charge in [-0.25, -0.2) is 0 Å². The van der Waals surface area contributed by atoms with Crippen LogP contribution in [0.4, 0.5) is 0 Å². The van der Waals surface area contributed by atoms with E-state index in [1.54, 1.807) is 0 Å². The highest BCUT2D eigenvalue weighted by Gasteiger charge is 2.07. The molecule has 0 spiro atoms. The fourth-order valence-corrected chi connectivity index (χ4v) is 2.01. The van der Waals surface area contributed by atoms with Gasteiger partial charge < -0.3 is 0 Å². The summed E-state index contributed by atoms with van der Waals surface area (Å²) in [7, 11) is 0. The van der Waals surface area contributed by atoms with Crippen molar-refractivity contribution in [3.05, 3.63) is 52.8 Å². The van der Waals surface area contributed by atoms with E-state index in [-0.39, 0.29) is 5.38 Å². The van der Waals surface area contributed by atoms with E-state index in [4.69, 9.17) is 23.2 Å². The van der Waals surface area contributed by atoms with E-state index in [1.165, 1.54) is 0 Å². The lowest BCUT2D eigenvalue weighted by molar-refractivity contribution is 0.685. The molecule has 0 bridgehead atoms. The Balaban J connectivity index is 2.11. The first-order chi connectivity index (χ1) is 8.19. The first-order valence-corrected chi connectivity index (χ1v) is 6.41. The van der Waals surface area contributed by atoms with Crippen LogP contribution in [-0.4, -0.2) is 9.78 Å². The molecule has 0 saturated heterocycles. The van der Waals surface area contributed by atoms with Crippen molar-refractivity contribution in [1.82, 2.24) is 9.78 Å². The minimum Gasteiger partial charge on any atom is -0.268 e. The fraction of sp³-hybridized carbons (Fsp3) is 0.308. The molecule has 0 radical (unpaired) electrons. The molecular formula is C13H14Cl2N2. The van der Waals surface area contributed by atoms with Crippen molar-refractivity contribution < 1.29 is 0 Å². The molecular weight excluding hydrogens is 255 g/mol. The molecule has 0 aliphatic rings. The summed E-state index contributed by atoms with van der Waals surface area (Å²) in [5, 5.41) is 5.09. The zero-order chi connectivity index (χ0) is 12.3. The lowest BCUT2D eigenvalue weighted by Crippen LogP contribution is -1.99. The molecule has 0 saturated carbocycles. The molecule has 2 aromatic rings. The van der Waals surface area contributed by atoms with E-state index < -0.39 is 0 Å². The minimum atomic E-state index is 0.0445. The van der Waals surface area contributed by atoms with Crippen molar-refractivity contribution in [2.24, 2.45) is 0 Å². The van der Waals surface area contributed by atoms with Crippen LogP contribution in [0, 0.1) is 0 Å². The summed E-state index contributed by atoms with van der Waals surface area (Å²) in [6, 6.07) is 7.79. The van der Waals surface area contributed by atoms with Crippen LogP contribution in [0.25, 0.3) is 0 Å². The van der Waals surface area contributed by atoms with Gasteiger partial charge in [-0.3, -0.25) is 4.68 Å². The van der Waals surface area contributed by atoms with E-state index in [1.807, 2.05) is 41.3 Å². The van der Waals surface area contributed by atoms with Crippen LogP contribution in [0.5, 0.6) is 0 Å². The van der Waals surface area contributed by atoms with Gasteiger partial charge in [0.2, 0.25) is 0 Å². The number of benzene rings is 1. The van der Waals surface area contributed by atoms with Crippen molar-refractivity contribution in [2.75, 3.05) is 0 Å². The standard InChI is InChI=1S/C13H14Cl2N2/c1-2-13(15)11-7-16-17(9-11)8-10-4-3-5-12(14)6-10/h3-7,9,13H,2,8H2,1H3. The second-order valence-corrected chi connectivity index (χ2v) is 4.94. The SMILES string of the molecule is CCC(Cl)c1cnn(Cc2cccc(Cl)c2)c1. The molecule has 2 rings (SSSR count). The zero-order valence-corrected chi connectivity index (χ0v) is 11.1. The third-order valence-electron chi connectivity index (χ3n) is 2.61. The van der Waals surface area contributed by atoms with E-state index in [9.17, 15) is 0 Å². The number of hydrogen-bond donors (Lipinski definition) is 0. The lowest BCUT2D eigenvalue weighted by atomic mass is 10.2. The third kappa shape index (κ3) is 3.24. The summed E-state index contributed by atoms with van der Waals surface area (Å²) < 4.78 is 1.88. The van der Waals surface area contributed by atoms with Crippen molar-refractivity contribution in [2.45, 2.75) is 25.3 Å². The number of rotatable bonds is 4. The summed E-state index contributed by atoms with van der Waals surface area (Å²) in [4.78, 5) is 0. The summed E-state index contributed by atoms with van der Waals surface area (Å²) in [6.07, 6.45) is 4.72. The molecule has 2 nitrogen and oxygen atoms in total. The topological polar surface area (TPSA) is 17.8 Å².